The molecule has 3 heterocycles. The van der Waals surface area contributed by atoms with Gasteiger partial charge in [-0.1, -0.05) is 11.6 Å². The molecule has 0 bridgehead atoms. The van der Waals surface area contributed by atoms with Crippen molar-refractivity contribution in [3.8, 4) is 11.5 Å². The molecule has 2 N–H and O–H groups in total. The van der Waals surface area contributed by atoms with E-state index in [9.17, 15) is 0 Å². The van der Waals surface area contributed by atoms with Crippen LogP contribution in [-0.2, 0) is 6.54 Å². The molecule has 9 heteroatoms. The quantitative estimate of drug-likeness (QED) is 0.301. The van der Waals surface area contributed by atoms with Gasteiger partial charge in [0.2, 0.25) is 0 Å². The fraction of sp³-hybridized carbons (Fsp3) is 0.500. The molecule has 2 aliphatic heterocycles. The predicted molar refractivity (Wildman–Crippen MR) is 140 cm³/mol. The maximum absolute atomic E-state index is 6.42. The molecule has 4 rings (SSSR count). The molecule has 1 fully saturated rings. The van der Waals surface area contributed by atoms with Gasteiger partial charge in [0.05, 0.1) is 29.8 Å². The molecular weight excluding hydrogens is 547 g/mol. The van der Waals surface area contributed by atoms with Gasteiger partial charge in [-0.25, -0.2) is 4.99 Å². The highest BCUT2D eigenvalue weighted by molar-refractivity contribution is 14.0. The monoisotopic (exact) mass is 576 g/mol. The van der Waals surface area contributed by atoms with Crippen LogP contribution >= 0.6 is 46.9 Å². The van der Waals surface area contributed by atoms with Crippen LogP contribution in [0, 0.1) is 0 Å². The Hall–Kier alpha value is -1.39. The third-order valence-corrected chi connectivity index (χ3v) is 6.49. The van der Waals surface area contributed by atoms with Gasteiger partial charge in [0.1, 0.15) is 0 Å². The first-order valence-corrected chi connectivity index (χ1v) is 11.9. The van der Waals surface area contributed by atoms with E-state index in [1.165, 1.54) is 5.00 Å². The number of hydrogen-bond donors (Lipinski definition) is 2. The van der Waals surface area contributed by atoms with E-state index in [-0.39, 0.29) is 24.0 Å². The summed E-state index contributed by atoms with van der Waals surface area (Å²) in [5, 5.41) is 11.1. The molecule has 31 heavy (non-hydrogen) atoms. The zero-order valence-corrected chi connectivity index (χ0v) is 21.6. The summed E-state index contributed by atoms with van der Waals surface area (Å²) in [6.07, 6.45) is 3.05. The Bertz CT molecular complexity index is 857. The molecule has 0 saturated carbocycles. The first kappa shape index (κ1) is 24.3. The lowest BCUT2D eigenvalue weighted by molar-refractivity contribution is 0.297. The molecule has 2 aromatic rings. The van der Waals surface area contributed by atoms with Crippen LogP contribution in [0.4, 0.5) is 5.00 Å². The van der Waals surface area contributed by atoms with Crippen molar-refractivity contribution in [1.29, 1.82) is 0 Å². The molecule has 0 atom stereocenters. The van der Waals surface area contributed by atoms with Gasteiger partial charge in [0.15, 0.2) is 17.5 Å². The number of piperidine rings is 1. The Morgan fingerprint density at radius 3 is 2.81 bits per heavy atom. The van der Waals surface area contributed by atoms with Crippen LogP contribution in [0.1, 0.15) is 31.7 Å². The minimum atomic E-state index is 0. The van der Waals surface area contributed by atoms with Crippen molar-refractivity contribution in [2.75, 3.05) is 37.7 Å². The van der Waals surface area contributed by atoms with Crippen molar-refractivity contribution in [3.63, 3.8) is 0 Å². The molecule has 0 unspecified atom stereocenters. The van der Waals surface area contributed by atoms with Crippen LogP contribution in [0.2, 0.25) is 5.02 Å². The van der Waals surface area contributed by atoms with Crippen LogP contribution in [0.5, 0.6) is 11.5 Å². The maximum atomic E-state index is 6.42. The number of nitrogens with zero attached hydrogens (tertiary/aromatic N) is 2. The number of halogens is 2. The first-order chi connectivity index (χ1) is 14.7. The summed E-state index contributed by atoms with van der Waals surface area (Å²) < 4.78 is 11.5. The highest BCUT2D eigenvalue weighted by atomic mass is 127. The second-order valence-corrected chi connectivity index (χ2v) is 8.84. The highest BCUT2D eigenvalue weighted by Crippen LogP contribution is 2.38. The van der Waals surface area contributed by atoms with Gasteiger partial charge in [0, 0.05) is 32.1 Å². The zero-order valence-electron chi connectivity index (χ0n) is 17.7. The number of fused-ring (bicyclic) bond motifs is 1. The third-order valence-electron chi connectivity index (χ3n) is 5.28. The second kappa shape index (κ2) is 12.0. The van der Waals surface area contributed by atoms with Gasteiger partial charge in [-0.15, -0.1) is 35.3 Å². The Balaban J connectivity index is 0.00000272. The van der Waals surface area contributed by atoms with E-state index in [2.05, 4.69) is 40.0 Å². The number of aliphatic imine (C=N–C) groups is 1. The van der Waals surface area contributed by atoms with Crippen molar-refractivity contribution < 1.29 is 9.47 Å². The number of guanidine groups is 1. The zero-order chi connectivity index (χ0) is 20.8. The Morgan fingerprint density at radius 1 is 1.26 bits per heavy atom. The lowest BCUT2D eigenvalue weighted by Gasteiger charge is -2.33. The predicted octanol–water partition coefficient (Wildman–Crippen LogP) is 4.90. The van der Waals surface area contributed by atoms with Gasteiger partial charge in [0.25, 0.3) is 0 Å². The van der Waals surface area contributed by atoms with E-state index >= 15 is 0 Å². The normalized spacial score (nSPS) is 17.0. The van der Waals surface area contributed by atoms with E-state index in [4.69, 9.17) is 26.1 Å². The highest BCUT2D eigenvalue weighted by Gasteiger charge is 2.21. The number of rotatable bonds is 5. The average Bonchev–Trinajstić information content (AvgIpc) is 3.18. The molecule has 1 aromatic carbocycles. The third kappa shape index (κ3) is 6.55. The average molecular weight is 577 g/mol. The Morgan fingerprint density at radius 2 is 2.06 bits per heavy atom. The van der Waals surface area contributed by atoms with Gasteiger partial charge in [-0.2, -0.15) is 0 Å². The standard InChI is InChI=1S/C22H29ClN4O2S.HI/c1-2-24-22(26-17-6-8-27(9-7-17)20-5-3-12-30-20)25-15-16-13-18(23)21-19(14-16)28-10-4-11-29-21;/h3,5,12-14,17H,2,4,6-11,15H2,1H3,(H2,24,25,26);1H. The number of hydrogen-bond acceptors (Lipinski definition) is 5. The van der Waals surface area contributed by atoms with Crippen molar-refractivity contribution >= 4 is 57.9 Å². The molecule has 170 valence electrons. The summed E-state index contributed by atoms with van der Waals surface area (Å²) in [5.41, 5.74) is 1.01. The smallest absolute Gasteiger partial charge is 0.191 e. The SMILES string of the molecule is CCNC(=NCc1cc(Cl)c2c(c1)OCCCO2)NC1CCN(c2cccs2)CC1.I. The van der Waals surface area contributed by atoms with Crippen molar-refractivity contribution in [2.45, 2.75) is 38.8 Å². The lowest BCUT2D eigenvalue weighted by atomic mass is 10.1. The van der Waals surface area contributed by atoms with E-state index in [0.29, 0.717) is 42.3 Å². The Kier molecular flexibility index (Phi) is 9.40. The molecule has 0 aliphatic carbocycles. The number of anilines is 1. The Labute approximate surface area is 210 Å². The van der Waals surface area contributed by atoms with E-state index in [1.54, 1.807) is 0 Å². The molecule has 1 aromatic heterocycles. The van der Waals surface area contributed by atoms with Gasteiger partial charge < -0.3 is 25.0 Å². The van der Waals surface area contributed by atoms with Crippen LogP contribution in [0.15, 0.2) is 34.6 Å². The largest absolute Gasteiger partial charge is 0.489 e. The molecule has 0 amide bonds. The van der Waals surface area contributed by atoms with Crippen LogP contribution < -0.4 is 25.0 Å². The minimum Gasteiger partial charge on any atom is -0.489 e. The molecule has 6 nitrogen and oxygen atoms in total. The van der Waals surface area contributed by atoms with Crippen molar-refractivity contribution in [3.05, 3.63) is 40.2 Å². The summed E-state index contributed by atoms with van der Waals surface area (Å²) in [6, 6.07) is 8.64. The minimum absolute atomic E-state index is 0. The number of benzene rings is 1. The van der Waals surface area contributed by atoms with Crippen molar-refractivity contribution in [1.82, 2.24) is 10.6 Å². The molecule has 1 saturated heterocycles. The fourth-order valence-electron chi connectivity index (χ4n) is 3.75. The topological polar surface area (TPSA) is 58.1 Å². The first-order valence-electron chi connectivity index (χ1n) is 10.6. The van der Waals surface area contributed by atoms with Gasteiger partial charge in [-0.05, 0) is 55.0 Å². The summed E-state index contributed by atoms with van der Waals surface area (Å²) >= 11 is 8.23. The summed E-state index contributed by atoms with van der Waals surface area (Å²) in [4.78, 5) is 7.25. The van der Waals surface area contributed by atoms with Gasteiger partial charge >= 0.3 is 0 Å². The van der Waals surface area contributed by atoms with Crippen LogP contribution in [0.3, 0.4) is 0 Å². The molecule has 2 aliphatic rings. The second-order valence-electron chi connectivity index (χ2n) is 7.51. The van der Waals surface area contributed by atoms with E-state index in [0.717, 1.165) is 50.4 Å². The lowest BCUT2D eigenvalue weighted by Crippen LogP contribution is -2.48. The van der Waals surface area contributed by atoms with Crippen molar-refractivity contribution in [2.24, 2.45) is 4.99 Å². The number of nitrogens with one attached hydrogen (secondary N) is 2. The van der Waals surface area contributed by atoms with E-state index < -0.39 is 0 Å². The van der Waals surface area contributed by atoms with Crippen LogP contribution in [0.25, 0.3) is 0 Å². The number of ether oxygens (including phenoxy) is 2. The molecular formula is C22H30ClIN4O2S. The van der Waals surface area contributed by atoms with Crippen LogP contribution in [-0.4, -0.2) is 44.8 Å². The summed E-state index contributed by atoms with van der Waals surface area (Å²) in [7, 11) is 0. The summed E-state index contributed by atoms with van der Waals surface area (Å²) in [6.45, 7) is 6.83. The fourth-order valence-corrected chi connectivity index (χ4v) is 4.83. The maximum Gasteiger partial charge on any atom is 0.191 e. The summed E-state index contributed by atoms with van der Waals surface area (Å²) in [5.74, 6) is 2.20. The van der Waals surface area contributed by atoms with Gasteiger partial charge in [-0.3, -0.25) is 0 Å². The molecule has 0 radical (unpaired) electrons. The van der Waals surface area contributed by atoms with E-state index in [1.807, 2.05) is 23.5 Å². The number of thiophene rings is 1. The molecule has 0 spiro atoms.